The highest BCUT2D eigenvalue weighted by atomic mass is 35.5. The van der Waals surface area contributed by atoms with Crippen LogP contribution in [0.3, 0.4) is 0 Å². The zero-order chi connectivity index (χ0) is 34.1. The number of fused-ring (bicyclic) bond motifs is 1. The standard InChI is InChI=1S/C39H37ClFN3O5.ClH/c40-28-10-6-24(7-11-28)32-13-8-25(38(46)43-18-16-30(45)17-19-43)20-27(32)23-49-31-12-14-33(34(41)22-31)37-42-35-21-26(39(47)48)9-15-36(35)44(37)29-4-2-1-3-5-29;/h6-15,20-22,29-30,45H,1-5,16-19,23H2,(H,47,48);1H. The van der Waals surface area contributed by atoms with E-state index in [1.807, 2.05) is 24.3 Å². The molecule has 0 unspecified atom stereocenters. The van der Waals surface area contributed by atoms with Gasteiger partial charge in [-0.15, -0.1) is 12.4 Å². The Balaban J connectivity index is 0.00000432. The number of rotatable bonds is 8. The number of amides is 1. The van der Waals surface area contributed by atoms with Crippen LogP contribution in [-0.4, -0.2) is 55.7 Å². The van der Waals surface area contributed by atoms with Crippen LogP contribution < -0.4 is 4.74 Å². The van der Waals surface area contributed by atoms with Crippen molar-refractivity contribution < 1.29 is 28.9 Å². The monoisotopic (exact) mass is 717 g/mol. The van der Waals surface area contributed by atoms with Gasteiger partial charge in [0.25, 0.3) is 5.91 Å². The highest BCUT2D eigenvalue weighted by Gasteiger charge is 2.26. The van der Waals surface area contributed by atoms with E-state index in [0.717, 1.165) is 54.3 Å². The molecule has 5 aromatic rings. The van der Waals surface area contributed by atoms with E-state index in [1.54, 1.807) is 53.4 Å². The molecule has 0 atom stereocenters. The van der Waals surface area contributed by atoms with E-state index >= 15 is 4.39 Å². The molecule has 0 spiro atoms. The van der Waals surface area contributed by atoms with Crippen LogP contribution in [0.25, 0.3) is 33.5 Å². The maximum absolute atomic E-state index is 16.0. The number of imidazole rings is 1. The summed E-state index contributed by atoms with van der Waals surface area (Å²) in [6.45, 7) is 1.06. The van der Waals surface area contributed by atoms with Crippen molar-refractivity contribution in [1.82, 2.24) is 14.5 Å². The van der Waals surface area contributed by atoms with Gasteiger partial charge in [-0.1, -0.05) is 49.1 Å². The van der Waals surface area contributed by atoms with Gasteiger partial charge in [0.05, 0.1) is 28.3 Å². The van der Waals surface area contributed by atoms with Crippen molar-refractivity contribution in [3.63, 3.8) is 0 Å². The summed E-state index contributed by atoms with van der Waals surface area (Å²) in [5, 5.41) is 20.1. The van der Waals surface area contributed by atoms with Gasteiger partial charge < -0.3 is 24.4 Å². The SMILES string of the molecule is Cl.O=C(O)c1ccc2c(c1)nc(-c1ccc(OCc3cc(C(=O)N4CCC(O)CC4)ccc3-c3ccc(Cl)cc3)cc1F)n2C1CCCCC1. The molecule has 1 aliphatic carbocycles. The van der Waals surface area contributed by atoms with E-state index in [2.05, 4.69) is 4.57 Å². The Morgan fingerprint density at radius 2 is 1.56 bits per heavy atom. The molecule has 11 heteroatoms. The molecule has 1 aliphatic heterocycles. The number of hydrogen-bond donors (Lipinski definition) is 2. The normalized spacial score (nSPS) is 15.5. The van der Waals surface area contributed by atoms with Crippen molar-refractivity contribution >= 4 is 46.9 Å². The Kier molecular flexibility index (Phi) is 10.8. The Morgan fingerprint density at radius 1 is 0.860 bits per heavy atom. The second-order valence-corrected chi connectivity index (χ2v) is 13.4. The van der Waals surface area contributed by atoms with Gasteiger partial charge in [-0.2, -0.15) is 0 Å². The predicted molar refractivity (Wildman–Crippen MR) is 194 cm³/mol. The van der Waals surface area contributed by atoms with Crippen molar-refractivity contribution in [3.05, 3.63) is 106 Å². The molecule has 1 amide bonds. The third kappa shape index (κ3) is 7.36. The summed E-state index contributed by atoms with van der Waals surface area (Å²) in [5.41, 5.74) is 4.78. The molecule has 7 rings (SSSR count). The number of benzene rings is 4. The van der Waals surface area contributed by atoms with Gasteiger partial charge in [0.1, 0.15) is 24.0 Å². The van der Waals surface area contributed by atoms with Gasteiger partial charge in [-0.05, 0) is 97.0 Å². The van der Waals surface area contributed by atoms with Crippen LogP contribution >= 0.6 is 24.0 Å². The number of aliphatic hydroxyl groups is 1. The van der Waals surface area contributed by atoms with Gasteiger partial charge in [-0.3, -0.25) is 4.79 Å². The fourth-order valence-electron chi connectivity index (χ4n) is 7.07. The summed E-state index contributed by atoms with van der Waals surface area (Å²) in [4.78, 5) is 31.6. The van der Waals surface area contributed by atoms with Crippen LogP contribution in [-0.2, 0) is 6.61 Å². The summed E-state index contributed by atoms with van der Waals surface area (Å²) < 4.78 is 24.3. The molecular formula is C39H38Cl2FN3O5. The summed E-state index contributed by atoms with van der Waals surface area (Å²) >= 11 is 6.15. The van der Waals surface area contributed by atoms with Crippen LogP contribution in [0, 0.1) is 5.82 Å². The average Bonchev–Trinajstić information content (AvgIpc) is 3.50. The van der Waals surface area contributed by atoms with E-state index in [1.165, 1.54) is 6.07 Å². The average molecular weight is 719 g/mol. The number of carbonyl (C=O) groups is 2. The summed E-state index contributed by atoms with van der Waals surface area (Å²) in [6, 6.07) is 22.7. The Labute approximate surface area is 300 Å². The maximum Gasteiger partial charge on any atom is 0.335 e. The van der Waals surface area contributed by atoms with Gasteiger partial charge in [0.2, 0.25) is 0 Å². The van der Waals surface area contributed by atoms with Crippen molar-refractivity contribution in [1.29, 1.82) is 0 Å². The highest BCUT2D eigenvalue weighted by Crippen LogP contribution is 2.38. The van der Waals surface area contributed by atoms with Gasteiger partial charge in [-0.25, -0.2) is 14.2 Å². The number of ether oxygens (including phenoxy) is 1. The number of hydrogen-bond acceptors (Lipinski definition) is 5. The molecular weight excluding hydrogens is 680 g/mol. The van der Waals surface area contributed by atoms with Crippen LogP contribution in [0.1, 0.15) is 77.3 Å². The molecule has 2 N–H and O–H groups in total. The quantitative estimate of drug-likeness (QED) is 0.166. The van der Waals surface area contributed by atoms with Crippen molar-refractivity contribution in [2.45, 2.75) is 63.7 Å². The molecule has 1 saturated heterocycles. The molecule has 1 saturated carbocycles. The van der Waals surface area contributed by atoms with Crippen LogP contribution in [0.5, 0.6) is 5.75 Å². The first-order valence-corrected chi connectivity index (χ1v) is 17.2. The minimum absolute atomic E-state index is 0. The minimum Gasteiger partial charge on any atom is -0.489 e. The lowest BCUT2D eigenvalue weighted by atomic mass is 9.94. The fourth-order valence-corrected chi connectivity index (χ4v) is 7.19. The third-order valence-electron chi connectivity index (χ3n) is 9.71. The molecule has 8 nitrogen and oxygen atoms in total. The van der Waals surface area contributed by atoms with E-state index in [9.17, 15) is 19.8 Å². The minimum atomic E-state index is -1.04. The number of carbonyl (C=O) groups excluding carboxylic acids is 1. The number of carboxylic acid groups (broad SMARTS) is 1. The number of likely N-dealkylation sites (tertiary alicyclic amines) is 1. The highest BCUT2D eigenvalue weighted by molar-refractivity contribution is 6.30. The van der Waals surface area contributed by atoms with Crippen molar-refractivity contribution in [2.75, 3.05) is 13.1 Å². The molecule has 2 aliphatic rings. The molecule has 0 radical (unpaired) electrons. The zero-order valence-corrected chi connectivity index (χ0v) is 28.9. The summed E-state index contributed by atoms with van der Waals surface area (Å²) in [5.74, 6) is -0.864. The lowest BCUT2D eigenvalue weighted by molar-refractivity contribution is 0.0545. The first-order chi connectivity index (χ1) is 23.7. The second-order valence-electron chi connectivity index (χ2n) is 12.9. The van der Waals surface area contributed by atoms with E-state index < -0.39 is 11.8 Å². The molecule has 2 heterocycles. The molecule has 0 bridgehead atoms. The topological polar surface area (TPSA) is 105 Å². The molecule has 1 aromatic heterocycles. The lowest BCUT2D eigenvalue weighted by Gasteiger charge is -2.29. The number of halogens is 3. The molecule has 50 heavy (non-hydrogen) atoms. The third-order valence-corrected chi connectivity index (χ3v) is 9.96. The first kappa shape index (κ1) is 35.4. The largest absolute Gasteiger partial charge is 0.489 e. The van der Waals surface area contributed by atoms with Gasteiger partial charge in [0.15, 0.2) is 0 Å². The number of nitrogens with zero attached hydrogens (tertiary/aromatic N) is 3. The van der Waals surface area contributed by atoms with Gasteiger partial charge >= 0.3 is 5.97 Å². The smallest absolute Gasteiger partial charge is 0.335 e. The number of aromatic nitrogens is 2. The van der Waals surface area contributed by atoms with Crippen molar-refractivity contribution in [2.24, 2.45) is 0 Å². The zero-order valence-electron chi connectivity index (χ0n) is 27.4. The summed E-state index contributed by atoms with van der Waals surface area (Å²) in [6.07, 6.45) is 5.89. The van der Waals surface area contributed by atoms with Gasteiger partial charge in [0, 0.05) is 35.8 Å². The van der Waals surface area contributed by atoms with Crippen molar-refractivity contribution in [3.8, 4) is 28.3 Å². The lowest BCUT2D eigenvalue weighted by Crippen LogP contribution is -2.40. The number of carboxylic acids is 1. The van der Waals surface area contributed by atoms with E-state index in [0.29, 0.717) is 59.2 Å². The van der Waals surface area contributed by atoms with E-state index in [4.69, 9.17) is 21.3 Å². The first-order valence-electron chi connectivity index (χ1n) is 16.8. The second kappa shape index (κ2) is 15.2. The number of aromatic carboxylic acids is 1. The molecule has 260 valence electrons. The molecule has 2 fully saturated rings. The van der Waals surface area contributed by atoms with Crippen LogP contribution in [0.15, 0.2) is 78.9 Å². The predicted octanol–water partition coefficient (Wildman–Crippen LogP) is 8.96. The Morgan fingerprint density at radius 3 is 2.26 bits per heavy atom. The Bertz CT molecular complexity index is 2020. The van der Waals surface area contributed by atoms with E-state index in [-0.39, 0.29) is 42.6 Å². The number of aliphatic hydroxyl groups excluding tert-OH is 1. The molecule has 4 aromatic carbocycles. The number of piperidine rings is 1. The Hall–Kier alpha value is -4.44. The fraction of sp³-hybridized carbons (Fsp3) is 0.308. The van der Waals surface area contributed by atoms with Crippen LogP contribution in [0.2, 0.25) is 5.02 Å². The van der Waals surface area contributed by atoms with Crippen LogP contribution in [0.4, 0.5) is 4.39 Å². The summed E-state index contributed by atoms with van der Waals surface area (Å²) in [7, 11) is 0. The maximum atomic E-state index is 16.0.